The molecule has 3 aromatic heterocycles. The van der Waals surface area contributed by atoms with Crippen LogP contribution in [0.4, 0.5) is 11.6 Å². The topological polar surface area (TPSA) is 97.9 Å². The highest BCUT2D eigenvalue weighted by atomic mass is 32.1. The lowest BCUT2D eigenvalue weighted by Crippen LogP contribution is -2.28. The molecule has 1 aliphatic rings. The van der Waals surface area contributed by atoms with Crippen LogP contribution in [0.2, 0.25) is 0 Å². The van der Waals surface area contributed by atoms with Gasteiger partial charge in [0.15, 0.2) is 12.3 Å². The van der Waals surface area contributed by atoms with Gasteiger partial charge in [0.1, 0.15) is 9.71 Å². The second-order valence-electron chi connectivity index (χ2n) is 5.34. The van der Waals surface area contributed by atoms with E-state index in [0.717, 1.165) is 35.2 Å². The number of nitrogens with one attached hydrogen (secondary N) is 1. The first-order chi connectivity index (χ1) is 10.6. The molecule has 22 heavy (non-hydrogen) atoms. The SMILES string of the molecule is C[n+]1cc(NC(=O)c2sc3nc4c(cc3c2N)CCC4)on1. The van der Waals surface area contributed by atoms with E-state index in [-0.39, 0.29) is 11.8 Å². The summed E-state index contributed by atoms with van der Waals surface area (Å²) < 4.78 is 6.43. The fourth-order valence-corrected chi connectivity index (χ4v) is 3.71. The maximum absolute atomic E-state index is 12.4. The van der Waals surface area contributed by atoms with Crippen LogP contribution in [0.25, 0.3) is 10.2 Å². The summed E-state index contributed by atoms with van der Waals surface area (Å²) in [6.45, 7) is 0. The van der Waals surface area contributed by atoms with E-state index >= 15 is 0 Å². The number of aryl methyl sites for hydroxylation is 3. The van der Waals surface area contributed by atoms with Crippen LogP contribution >= 0.6 is 11.3 Å². The van der Waals surface area contributed by atoms with Gasteiger partial charge in [-0.3, -0.25) is 14.6 Å². The van der Waals surface area contributed by atoms with E-state index in [2.05, 4.69) is 21.6 Å². The summed E-state index contributed by atoms with van der Waals surface area (Å²) in [6.07, 6.45) is 4.74. The minimum Gasteiger partial charge on any atom is -0.397 e. The molecule has 1 aliphatic carbocycles. The summed E-state index contributed by atoms with van der Waals surface area (Å²) in [7, 11) is 1.71. The number of hydrogen-bond acceptors (Lipinski definition) is 6. The van der Waals surface area contributed by atoms with Gasteiger partial charge < -0.3 is 5.73 Å². The minimum absolute atomic E-state index is 0.278. The third-order valence-corrected chi connectivity index (χ3v) is 4.88. The van der Waals surface area contributed by atoms with E-state index in [1.807, 2.05) is 0 Å². The number of thiophene rings is 1. The summed E-state index contributed by atoms with van der Waals surface area (Å²) >= 11 is 1.31. The molecule has 0 atom stereocenters. The van der Waals surface area contributed by atoms with Crippen LogP contribution in [0.3, 0.4) is 0 Å². The number of aromatic nitrogens is 3. The fraction of sp³-hybridized carbons (Fsp3) is 0.286. The van der Waals surface area contributed by atoms with E-state index in [4.69, 9.17) is 10.3 Å². The highest BCUT2D eigenvalue weighted by Crippen LogP contribution is 2.36. The van der Waals surface area contributed by atoms with Gasteiger partial charge in [-0.05, 0) is 30.9 Å². The monoisotopic (exact) mass is 316 g/mol. The quantitative estimate of drug-likeness (QED) is 0.697. The largest absolute Gasteiger partial charge is 0.397 e. The van der Waals surface area contributed by atoms with E-state index in [1.165, 1.54) is 21.6 Å². The average Bonchev–Trinajstić information content (AvgIpc) is 3.17. The first-order valence-corrected chi connectivity index (χ1v) is 7.78. The molecule has 3 N–H and O–H groups in total. The zero-order valence-corrected chi connectivity index (χ0v) is 12.7. The zero-order valence-electron chi connectivity index (χ0n) is 11.9. The number of amides is 1. The van der Waals surface area contributed by atoms with Crippen molar-refractivity contribution in [2.75, 3.05) is 11.1 Å². The predicted octanol–water partition coefficient (Wildman–Crippen LogP) is 1.43. The smallest absolute Gasteiger partial charge is 0.302 e. The maximum atomic E-state index is 12.4. The molecule has 0 saturated carbocycles. The van der Waals surface area contributed by atoms with Crippen LogP contribution in [0, 0.1) is 0 Å². The van der Waals surface area contributed by atoms with Gasteiger partial charge in [-0.15, -0.1) is 11.3 Å². The number of rotatable bonds is 2. The molecule has 112 valence electrons. The summed E-state index contributed by atoms with van der Waals surface area (Å²) in [4.78, 5) is 18.3. The van der Waals surface area contributed by atoms with Crippen LogP contribution in [0.15, 0.2) is 16.8 Å². The van der Waals surface area contributed by atoms with Crippen molar-refractivity contribution in [3.05, 3.63) is 28.4 Å². The van der Waals surface area contributed by atoms with Crippen molar-refractivity contribution >= 4 is 39.0 Å². The molecule has 3 aromatic rings. The number of hydrogen-bond donors (Lipinski definition) is 2. The molecule has 0 bridgehead atoms. The molecular weight excluding hydrogens is 302 g/mol. The standard InChI is InChI=1S/C14H13N5O2S/c1-19-6-10(21-18-19)17-13(20)12-11(15)8-5-7-3-2-4-9(7)16-14(8)22-12/h5-6H,2-4H2,1H3,(H2-,15,17,18,20)/p+1. The highest BCUT2D eigenvalue weighted by molar-refractivity contribution is 7.21. The summed E-state index contributed by atoms with van der Waals surface area (Å²) in [5.41, 5.74) is 9.00. The van der Waals surface area contributed by atoms with Crippen LogP contribution in [-0.4, -0.2) is 16.2 Å². The lowest BCUT2D eigenvalue weighted by Gasteiger charge is -1.99. The van der Waals surface area contributed by atoms with Crippen LogP contribution in [-0.2, 0) is 19.9 Å². The molecule has 0 spiro atoms. The summed E-state index contributed by atoms with van der Waals surface area (Å²) in [6, 6.07) is 2.07. The molecule has 0 saturated heterocycles. The lowest BCUT2D eigenvalue weighted by molar-refractivity contribution is -0.739. The Labute approximate surface area is 129 Å². The molecule has 0 fully saturated rings. The Kier molecular flexibility index (Phi) is 2.86. The Balaban J connectivity index is 1.72. The molecule has 7 nitrogen and oxygen atoms in total. The van der Waals surface area contributed by atoms with Crippen molar-refractivity contribution in [2.45, 2.75) is 19.3 Å². The van der Waals surface area contributed by atoms with Crippen LogP contribution in [0.1, 0.15) is 27.3 Å². The van der Waals surface area contributed by atoms with E-state index in [0.29, 0.717) is 10.6 Å². The number of anilines is 2. The van der Waals surface area contributed by atoms with E-state index < -0.39 is 0 Å². The van der Waals surface area contributed by atoms with Gasteiger partial charge in [0.2, 0.25) is 0 Å². The molecule has 0 radical (unpaired) electrons. The third kappa shape index (κ3) is 2.03. The average molecular weight is 316 g/mol. The van der Waals surface area contributed by atoms with Crippen molar-refractivity contribution in [3.63, 3.8) is 0 Å². The minimum atomic E-state index is -0.308. The second kappa shape index (κ2) is 4.77. The first kappa shape index (κ1) is 13.2. The Morgan fingerprint density at radius 2 is 2.36 bits per heavy atom. The number of carbonyl (C=O) groups is 1. The van der Waals surface area contributed by atoms with Crippen molar-refractivity contribution in [2.24, 2.45) is 7.05 Å². The zero-order chi connectivity index (χ0) is 15.3. The number of nitrogens with zero attached hydrogens (tertiary/aromatic N) is 3. The summed E-state index contributed by atoms with van der Waals surface area (Å²) in [5.74, 6) is -0.0304. The van der Waals surface area contributed by atoms with Gasteiger partial charge in [0.25, 0.3) is 12.1 Å². The van der Waals surface area contributed by atoms with Crippen molar-refractivity contribution in [3.8, 4) is 0 Å². The molecule has 0 aromatic carbocycles. The van der Waals surface area contributed by atoms with Gasteiger partial charge in [-0.2, -0.15) is 0 Å². The van der Waals surface area contributed by atoms with Gasteiger partial charge in [0.05, 0.1) is 5.69 Å². The van der Waals surface area contributed by atoms with Crippen LogP contribution < -0.4 is 15.7 Å². The molecule has 8 heteroatoms. The number of fused-ring (bicyclic) bond motifs is 2. The molecule has 4 rings (SSSR count). The molecule has 0 unspecified atom stereocenters. The van der Waals surface area contributed by atoms with Gasteiger partial charge in [-0.25, -0.2) is 4.98 Å². The lowest BCUT2D eigenvalue weighted by atomic mass is 10.1. The highest BCUT2D eigenvalue weighted by Gasteiger charge is 2.22. The predicted molar refractivity (Wildman–Crippen MR) is 81.7 cm³/mol. The Morgan fingerprint density at radius 3 is 3.14 bits per heavy atom. The Morgan fingerprint density at radius 1 is 1.50 bits per heavy atom. The normalized spacial score (nSPS) is 13.5. The first-order valence-electron chi connectivity index (χ1n) is 6.96. The maximum Gasteiger partial charge on any atom is 0.302 e. The molecule has 3 heterocycles. The number of carbonyl (C=O) groups excluding carboxylic acids is 1. The number of nitrogen functional groups attached to an aromatic ring is 1. The number of nitrogens with two attached hydrogens (primary N) is 1. The van der Waals surface area contributed by atoms with Crippen molar-refractivity contribution in [1.82, 2.24) is 10.3 Å². The van der Waals surface area contributed by atoms with E-state index in [1.54, 1.807) is 13.2 Å². The van der Waals surface area contributed by atoms with Gasteiger partial charge in [0, 0.05) is 11.1 Å². The van der Waals surface area contributed by atoms with Crippen LogP contribution in [0.5, 0.6) is 0 Å². The second-order valence-corrected chi connectivity index (χ2v) is 6.34. The Bertz CT molecular complexity index is 898. The van der Waals surface area contributed by atoms with E-state index in [9.17, 15) is 4.79 Å². The van der Waals surface area contributed by atoms with Gasteiger partial charge in [-0.1, -0.05) is 4.68 Å². The molecule has 1 amide bonds. The molecular formula is C14H14N5O2S+. The Hall–Kier alpha value is -2.48. The van der Waals surface area contributed by atoms with Gasteiger partial charge >= 0.3 is 5.88 Å². The molecule has 0 aliphatic heterocycles. The van der Waals surface area contributed by atoms with Crippen molar-refractivity contribution in [1.29, 1.82) is 0 Å². The number of pyridine rings is 1. The summed E-state index contributed by atoms with van der Waals surface area (Å²) in [5, 5.41) is 7.17. The third-order valence-electron chi connectivity index (χ3n) is 3.76. The fourth-order valence-electron chi connectivity index (χ4n) is 2.72. The van der Waals surface area contributed by atoms with Crippen molar-refractivity contribution < 1.29 is 14.0 Å².